The molecule has 1 fully saturated rings. The quantitative estimate of drug-likeness (QED) is 0.866. The van der Waals surface area contributed by atoms with Gasteiger partial charge in [-0.25, -0.2) is 0 Å². The van der Waals surface area contributed by atoms with Crippen LogP contribution in [-0.2, 0) is 9.59 Å². The summed E-state index contributed by atoms with van der Waals surface area (Å²) in [6.07, 6.45) is 0.168. The maximum atomic E-state index is 12.6. The fraction of sp³-hybridized carbons (Fsp3) is 0.300. The molecule has 2 aromatic rings. The SMILES string of the molecule is CCOc1ccccc1N1C[C@H](C(=O)Nc2ccccc2OC)CC1=O. The Bertz CT molecular complexity index is 806. The maximum absolute atomic E-state index is 12.6. The van der Waals surface area contributed by atoms with Gasteiger partial charge in [0.15, 0.2) is 0 Å². The van der Waals surface area contributed by atoms with Crippen LogP contribution in [0.5, 0.6) is 11.5 Å². The second-order valence-electron chi connectivity index (χ2n) is 6.00. The first kappa shape index (κ1) is 17.8. The van der Waals surface area contributed by atoms with Gasteiger partial charge in [-0.2, -0.15) is 0 Å². The number of rotatable bonds is 6. The number of ether oxygens (including phenoxy) is 2. The number of nitrogens with zero attached hydrogens (tertiary/aromatic N) is 1. The lowest BCUT2D eigenvalue weighted by Crippen LogP contribution is -2.28. The Balaban J connectivity index is 1.74. The lowest BCUT2D eigenvalue weighted by Gasteiger charge is -2.20. The third kappa shape index (κ3) is 3.64. The van der Waals surface area contributed by atoms with Crippen LogP contribution in [0.3, 0.4) is 0 Å². The molecule has 1 aliphatic heterocycles. The molecule has 1 atom stereocenters. The molecule has 1 N–H and O–H groups in total. The van der Waals surface area contributed by atoms with Gasteiger partial charge in [0, 0.05) is 13.0 Å². The molecule has 1 saturated heterocycles. The number of para-hydroxylation sites is 4. The minimum Gasteiger partial charge on any atom is -0.495 e. The Morgan fingerprint density at radius 3 is 2.58 bits per heavy atom. The predicted molar refractivity (Wildman–Crippen MR) is 99.7 cm³/mol. The molecule has 0 bridgehead atoms. The van der Waals surface area contributed by atoms with Gasteiger partial charge in [0.2, 0.25) is 11.8 Å². The normalized spacial score (nSPS) is 16.5. The van der Waals surface area contributed by atoms with Gasteiger partial charge in [0.25, 0.3) is 0 Å². The molecule has 6 heteroatoms. The van der Waals surface area contributed by atoms with E-state index in [0.29, 0.717) is 36.0 Å². The zero-order valence-electron chi connectivity index (χ0n) is 14.9. The highest BCUT2D eigenvalue weighted by Crippen LogP contribution is 2.33. The number of carbonyl (C=O) groups excluding carboxylic acids is 2. The molecule has 1 heterocycles. The standard InChI is InChI=1S/C20H22N2O4/c1-3-26-18-11-7-5-9-16(18)22-13-14(12-19(22)23)20(24)21-15-8-4-6-10-17(15)25-2/h4-11,14H,3,12-13H2,1-2H3,(H,21,24)/t14-/m1/s1. The van der Waals surface area contributed by atoms with E-state index in [1.54, 1.807) is 24.1 Å². The van der Waals surface area contributed by atoms with E-state index < -0.39 is 5.92 Å². The third-order valence-electron chi connectivity index (χ3n) is 4.32. The van der Waals surface area contributed by atoms with Gasteiger partial charge >= 0.3 is 0 Å². The smallest absolute Gasteiger partial charge is 0.229 e. The van der Waals surface area contributed by atoms with Crippen molar-refractivity contribution in [3.8, 4) is 11.5 Å². The third-order valence-corrected chi connectivity index (χ3v) is 4.32. The van der Waals surface area contributed by atoms with Gasteiger partial charge in [-0.15, -0.1) is 0 Å². The van der Waals surface area contributed by atoms with Crippen molar-refractivity contribution >= 4 is 23.2 Å². The van der Waals surface area contributed by atoms with Gasteiger partial charge < -0.3 is 19.7 Å². The topological polar surface area (TPSA) is 67.9 Å². The fourth-order valence-electron chi connectivity index (χ4n) is 3.06. The second kappa shape index (κ2) is 7.91. The van der Waals surface area contributed by atoms with Crippen molar-refractivity contribution in [2.24, 2.45) is 5.92 Å². The van der Waals surface area contributed by atoms with Gasteiger partial charge in [0.05, 0.1) is 31.0 Å². The molecule has 6 nitrogen and oxygen atoms in total. The molecule has 0 aromatic heterocycles. The lowest BCUT2D eigenvalue weighted by molar-refractivity contribution is -0.122. The first-order chi connectivity index (χ1) is 12.6. The van der Waals surface area contributed by atoms with Gasteiger partial charge in [-0.1, -0.05) is 24.3 Å². The minimum atomic E-state index is -0.429. The van der Waals surface area contributed by atoms with Crippen LogP contribution in [0.15, 0.2) is 48.5 Å². The number of hydrogen-bond donors (Lipinski definition) is 1. The molecule has 0 spiro atoms. The van der Waals surface area contributed by atoms with Crippen LogP contribution in [0.4, 0.5) is 11.4 Å². The largest absolute Gasteiger partial charge is 0.495 e. The number of carbonyl (C=O) groups is 2. The fourth-order valence-corrected chi connectivity index (χ4v) is 3.06. The highest BCUT2D eigenvalue weighted by molar-refractivity contribution is 6.04. The molecule has 3 rings (SSSR count). The highest BCUT2D eigenvalue weighted by Gasteiger charge is 2.36. The van der Waals surface area contributed by atoms with E-state index in [-0.39, 0.29) is 18.2 Å². The first-order valence-corrected chi connectivity index (χ1v) is 8.60. The van der Waals surface area contributed by atoms with Crippen LogP contribution in [0, 0.1) is 5.92 Å². The number of benzene rings is 2. The average Bonchev–Trinajstić information content (AvgIpc) is 3.04. The predicted octanol–water partition coefficient (Wildman–Crippen LogP) is 3.09. The molecule has 0 saturated carbocycles. The summed E-state index contributed by atoms with van der Waals surface area (Å²) < 4.78 is 10.9. The van der Waals surface area contributed by atoms with Gasteiger partial charge in [-0.05, 0) is 31.2 Å². The second-order valence-corrected chi connectivity index (χ2v) is 6.00. The maximum Gasteiger partial charge on any atom is 0.229 e. The number of anilines is 2. The first-order valence-electron chi connectivity index (χ1n) is 8.60. The Labute approximate surface area is 152 Å². The van der Waals surface area contributed by atoms with Crippen LogP contribution in [0.1, 0.15) is 13.3 Å². The molecule has 26 heavy (non-hydrogen) atoms. The number of methoxy groups -OCH3 is 1. The highest BCUT2D eigenvalue weighted by atomic mass is 16.5. The van der Waals surface area contributed by atoms with Crippen molar-refractivity contribution < 1.29 is 19.1 Å². The molecule has 136 valence electrons. The zero-order chi connectivity index (χ0) is 18.5. The summed E-state index contributed by atoms with van der Waals surface area (Å²) in [5, 5.41) is 2.86. The van der Waals surface area contributed by atoms with Crippen molar-refractivity contribution in [2.75, 3.05) is 30.5 Å². The van der Waals surface area contributed by atoms with E-state index in [1.165, 1.54) is 0 Å². The van der Waals surface area contributed by atoms with Crippen LogP contribution in [0.25, 0.3) is 0 Å². The minimum absolute atomic E-state index is 0.0858. The van der Waals surface area contributed by atoms with Crippen LogP contribution in [-0.4, -0.2) is 32.1 Å². The van der Waals surface area contributed by atoms with E-state index in [4.69, 9.17) is 9.47 Å². The summed E-state index contributed by atoms with van der Waals surface area (Å²) in [5.41, 5.74) is 1.30. The summed E-state index contributed by atoms with van der Waals surface area (Å²) in [6.45, 7) is 2.73. The van der Waals surface area contributed by atoms with Crippen LogP contribution >= 0.6 is 0 Å². The van der Waals surface area contributed by atoms with Crippen LogP contribution in [0.2, 0.25) is 0 Å². The molecule has 2 aromatic carbocycles. The molecular weight excluding hydrogens is 332 g/mol. The number of hydrogen-bond acceptors (Lipinski definition) is 4. The van der Waals surface area contributed by atoms with E-state index in [9.17, 15) is 9.59 Å². The summed E-state index contributed by atoms with van der Waals surface area (Å²) in [5.74, 6) is 0.525. The molecular formula is C20H22N2O4. The number of nitrogens with one attached hydrogen (secondary N) is 1. The lowest BCUT2D eigenvalue weighted by atomic mass is 10.1. The Morgan fingerprint density at radius 2 is 1.85 bits per heavy atom. The van der Waals surface area contributed by atoms with E-state index in [1.807, 2.05) is 43.3 Å². The van der Waals surface area contributed by atoms with E-state index in [0.717, 1.165) is 0 Å². The molecule has 0 radical (unpaired) electrons. The van der Waals surface area contributed by atoms with Crippen molar-refractivity contribution in [1.82, 2.24) is 0 Å². The van der Waals surface area contributed by atoms with Crippen molar-refractivity contribution in [3.05, 3.63) is 48.5 Å². The van der Waals surface area contributed by atoms with Crippen molar-refractivity contribution in [1.29, 1.82) is 0 Å². The van der Waals surface area contributed by atoms with Crippen LogP contribution < -0.4 is 19.7 Å². The Hall–Kier alpha value is -3.02. The average molecular weight is 354 g/mol. The Morgan fingerprint density at radius 1 is 1.15 bits per heavy atom. The van der Waals surface area contributed by atoms with E-state index >= 15 is 0 Å². The molecule has 2 amide bonds. The Kier molecular flexibility index (Phi) is 5.41. The van der Waals surface area contributed by atoms with Crippen molar-refractivity contribution in [2.45, 2.75) is 13.3 Å². The molecule has 0 unspecified atom stereocenters. The summed E-state index contributed by atoms with van der Waals surface area (Å²) >= 11 is 0. The number of amides is 2. The summed E-state index contributed by atoms with van der Waals surface area (Å²) in [7, 11) is 1.55. The summed E-state index contributed by atoms with van der Waals surface area (Å²) in [6, 6.07) is 14.6. The van der Waals surface area contributed by atoms with E-state index in [2.05, 4.69) is 5.32 Å². The van der Waals surface area contributed by atoms with Gasteiger partial charge in [-0.3, -0.25) is 9.59 Å². The zero-order valence-corrected chi connectivity index (χ0v) is 14.9. The summed E-state index contributed by atoms with van der Waals surface area (Å²) in [4.78, 5) is 26.7. The molecule has 1 aliphatic rings. The monoisotopic (exact) mass is 354 g/mol. The molecule has 0 aliphatic carbocycles. The van der Waals surface area contributed by atoms with Crippen molar-refractivity contribution in [3.63, 3.8) is 0 Å². The van der Waals surface area contributed by atoms with Gasteiger partial charge in [0.1, 0.15) is 11.5 Å².